The van der Waals surface area contributed by atoms with E-state index in [9.17, 15) is 4.39 Å². The lowest BCUT2D eigenvalue weighted by molar-refractivity contribution is 0.628. The highest BCUT2D eigenvalue weighted by Crippen LogP contribution is 2.28. The zero-order valence-corrected chi connectivity index (χ0v) is 11.1. The number of hydrogen-bond acceptors (Lipinski definition) is 2. The predicted molar refractivity (Wildman–Crippen MR) is 71.7 cm³/mol. The van der Waals surface area contributed by atoms with Gasteiger partial charge < -0.3 is 4.98 Å². The smallest absolute Gasteiger partial charge is 0.178 e. The number of nitrogens with one attached hydrogen (secondary N) is 1. The number of nitrogens with zero attached hydrogens (tertiary/aromatic N) is 2. The van der Waals surface area contributed by atoms with E-state index in [2.05, 4.69) is 30.9 Å². The van der Waals surface area contributed by atoms with E-state index in [4.69, 9.17) is 0 Å². The van der Waals surface area contributed by atoms with Crippen LogP contribution in [0.4, 0.5) is 4.39 Å². The maximum absolute atomic E-state index is 13.3. The van der Waals surface area contributed by atoms with Crippen LogP contribution in [0.25, 0.3) is 22.6 Å². The quantitative estimate of drug-likeness (QED) is 0.742. The van der Waals surface area contributed by atoms with Crippen molar-refractivity contribution in [3.8, 4) is 11.4 Å². The Morgan fingerprint density at radius 1 is 1.28 bits per heavy atom. The summed E-state index contributed by atoms with van der Waals surface area (Å²) < 4.78 is 14.1. The van der Waals surface area contributed by atoms with Gasteiger partial charge in [-0.2, -0.15) is 0 Å². The average molecular weight is 306 g/mol. The van der Waals surface area contributed by atoms with E-state index in [0.29, 0.717) is 17.0 Å². The number of pyridine rings is 1. The van der Waals surface area contributed by atoms with Crippen LogP contribution in [-0.2, 0) is 0 Å². The monoisotopic (exact) mass is 305 g/mol. The Morgan fingerprint density at radius 3 is 2.89 bits per heavy atom. The van der Waals surface area contributed by atoms with Gasteiger partial charge in [0.25, 0.3) is 0 Å². The highest BCUT2D eigenvalue weighted by Gasteiger charge is 2.11. The number of aromatic amines is 1. The minimum Gasteiger partial charge on any atom is -0.336 e. The van der Waals surface area contributed by atoms with Gasteiger partial charge >= 0.3 is 0 Å². The summed E-state index contributed by atoms with van der Waals surface area (Å²) in [6.45, 7) is 1.98. The van der Waals surface area contributed by atoms with Crippen molar-refractivity contribution in [3.63, 3.8) is 0 Å². The van der Waals surface area contributed by atoms with Gasteiger partial charge in [0.15, 0.2) is 5.65 Å². The van der Waals surface area contributed by atoms with Gasteiger partial charge in [0.05, 0.1) is 5.52 Å². The molecule has 0 aliphatic heterocycles. The van der Waals surface area contributed by atoms with Gasteiger partial charge in [-0.15, -0.1) is 0 Å². The molecule has 90 valence electrons. The molecule has 1 aromatic carbocycles. The first-order chi connectivity index (χ1) is 8.65. The molecular formula is C13H9BrFN3. The fourth-order valence-corrected chi connectivity index (χ4v) is 2.28. The minimum atomic E-state index is -0.293. The largest absolute Gasteiger partial charge is 0.336 e. The molecule has 3 aromatic rings. The molecule has 0 atom stereocenters. The number of aryl methyl sites for hydroxylation is 1. The number of rotatable bonds is 1. The van der Waals surface area contributed by atoms with Crippen LogP contribution < -0.4 is 0 Å². The predicted octanol–water partition coefficient (Wildman–Crippen LogP) is 3.83. The second-order valence-electron chi connectivity index (χ2n) is 4.04. The number of imidazole rings is 1. The number of fused-ring (bicyclic) bond motifs is 1. The lowest BCUT2D eigenvalue weighted by Crippen LogP contribution is -1.84. The van der Waals surface area contributed by atoms with Crippen LogP contribution in [0.1, 0.15) is 5.56 Å². The first-order valence-corrected chi connectivity index (χ1v) is 6.21. The summed E-state index contributed by atoms with van der Waals surface area (Å²) in [4.78, 5) is 11.7. The third-order valence-corrected chi connectivity index (χ3v) is 3.48. The minimum absolute atomic E-state index is 0.293. The first-order valence-electron chi connectivity index (χ1n) is 5.42. The van der Waals surface area contributed by atoms with Crippen molar-refractivity contribution in [2.24, 2.45) is 0 Å². The van der Waals surface area contributed by atoms with E-state index >= 15 is 0 Å². The Bertz CT molecular complexity index is 736. The molecule has 0 fully saturated rings. The van der Waals surface area contributed by atoms with Crippen molar-refractivity contribution in [2.75, 3.05) is 0 Å². The molecule has 0 aliphatic rings. The second-order valence-corrected chi connectivity index (χ2v) is 4.89. The van der Waals surface area contributed by atoms with Crippen molar-refractivity contribution >= 4 is 27.1 Å². The van der Waals surface area contributed by atoms with Gasteiger partial charge in [-0.05, 0) is 36.8 Å². The SMILES string of the molecule is Cc1ccnc2nc(-c3cc(F)ccc3Br)[nH]c12. The Labute approximate surface area is 111 Å². The molecule has 0 saturated heterocycles. The van der Waals surface area contributed by atoms with E-state index in [1.165, 1.54) is 12.1 Å². The number of H-pyrrole nitrogens is 1. The lowest BCUT2D eigenvalue weighted by Gasteiger charge is -2.00. The first kappa shape index (κ1) is 11.3. The van der Waals surface area contributed by atoms with Gasteiger partial charge in [0, 0.05) is 16.2 Å². The Balaban J connectivity index is 2.26. The molecule has 0 radical (unpaired) electrons. The van der Waals surface area contributed by atoms with Crippen LogP contribution in [0, 0.1) is 12.7 Å². The zero-order chi connectivity index (χ0) is 12.7. The van der Waals surface area contributed by atoms with Crippen LogP contribution in [0.2, 0.25) is 0 Å². The third-order valence-electron chi connectivity index (χ3n) is 2.78. The van der Waals surface area contributed by atoms with E-state index in [-0.39, 0.29) is 5.82 Å². The summed E-state index contributed by atoms with van der Waals surface area (Å²) in [5, 5.41) is 0. The summed E-state index contributed by atoms with van der Waals surface area (Å²) >= 11 is 3.40. The van der Waals surface area contributed by atoms with Gasteiger partial charge in [0.2, 0.25) is 0 Å². The maximum Gasteiger partial charge on any atom is 0.178 e. The normalized spacial score (nSPS) is 11.1. The van der Waals surface area contributed by atoms with Crippen molar-refractivity contribution in [3.05, 3.63) is 46.3 Å². The maximum atomic E-state index is 13.3. The summed E-state index contributed by atoms with van der Waals surface area (Å²) in [5.74, 6) is 0.316. The molecule has 1 N–H and O–H groups in total. The fourth-order valence-electron chi connectivity index (χ4n) is 1.84. The van der Waals surface area contributed by atoms with E-state index in [1.807, 2.05) is 13.0 Å². The van der Waals surface area contributed by atoms with E-state index < -0.39 is 0 Å². The molecule has 0 bridgehead atoms. The molecule has 2 aromatic heterocycles. The Morgan fingerprint density at radius 2 is 2.11 bits per heavy atom. The summed E-state index contributed by atoms with van der Waals surface area (Å²) in [6, 6.07) is 6.42. The van der Waals surface area contributed by atoms with Crippen molar-refractivity contribution in [1.82, 2.24) is 15.0 Å². The zero-order valence-electron chi connectivity index (χ0n) is 9.54. The third kappa shape index (κ3) is 1.80. The van der Waals surface area contributed by atoms with Crippen LogP contribution in [0.3, 0.4) is 0 Å². The molecule has 2 heterocycles. The number of benzene rings is 1. The van der Waals surface area contributed by atoms with Crippen molar-refractivity contribution in [1.29, 1.82) is 0 Å². The van der Waals surface area contributed by atoms with Crippen LogP contribution in [0.15, 0.2) is 34.9 Å². The number of halogens is 2. The molecule has 3 rings (SSSR count). The van der Waals surface area contributed by atoms with E-state index in [0.717, 1.165) is 15.6 Å². The summed E-state index contributed by atoms with van der Waals surface area (Å²) in [6.07, 6.45) is 1.71. The van der Waals surface area contributed by atoms with Crippen LogP contribution in [0.5, 0.6) is 0 Å². The van der Waals surface area contributed by atoms with Gasteiger partial charge in [-0.1, -0.05) is 15.9 Å². The van der Waals surface area contributed by atoms with Crippen LogP contribution >= 0.6 is 15.9 Å². The van der Waals surface area contributed by atoms with Crippen molar-refractivity contribution < 1.29 is 4.39 Å². The molecule has 0 saturated carbocycles. The Kier molecular flexibility index (Phi) is 2.63. The molecule has 0 aliphatic carbocycles. The molecular weight excluding hydrogens is 297 g/mol. The molecule has 0 spiro atoms. The standard InChI is InChI=1S/C13H9BrFN3/c1-7-4-5-16-13-11(7)17-12(18-13)9-6-8(15)2-3-10(9)14/h2-6H,1H3,(H,16,17,18). The topological polar surface area (TPSA) is 41.6 Å². The second kappa shape index (κ2) is 4.17. The highest BCUT2D eigenvalue weighted by atomic mass is 79.9. The lowest BCUT2D eigenvalue weighted by atomic mass is 10.2. The fraction of sp³-hybridized carbons (Fsp3) is 0.0769. The molecule has 0 amide bonds. The molecule has 5 heteroatoms. The Hall–Kier alpha value is -1.75. The molecule has 0 unspecified atom stereocenters. The van der Waals surface area contributed by atoms with Gasteiger partial charge in [-0.3, -0.25) is 0 Å². The van der Waals surface area contributed by atoms with Crippen molar-refractivity contribution in [2.45, 2.75) is 6.92 Å². The van der Waals surface area contributed by atoms with E-state index in [1.54, 1.807) is 12.3 Å². The summed E-state index contributed by atoms with van der Waals surface area (Å²) in [5.41, 5.74) is 3.27. The average Bonchev–Trinajstić information content (AvgIpc) is 2.77. The van der Waals surface area contributed by atoms with Gasteiger partial charge in [-0.25, -0.2) is 14.4 Å². The van der Waals surface area contributed by atoms with Crippen LogP contribution in [-0.4, -0.2) is 15.0 Å². The number of hydrogen-bond donors (Lipinski definition) is 1. The highest BCUT2D eigenvalue weighted by molar-refractivity contribution is 9.10. The number of aromatic nitrogens is 3. The van der Waals surface area contributed by atoms with Gasteiger partial charge in [0.1, 0.15) is 11.6 Å². The molecule has 18 heavy (non-hydrogen) atoms. The summed E-state index contributed by atoms with van der Waals surface area (Å²) in [7, 11) is 0. The molecule has 3 nitrogen and oxygen atoms in total.